The molecule has 0 bridgehead atoms. The predicted octanol–water partition coefficient (Wildman–Crippen LogP) is 6.16. The molecule has 0 saturated heterocycles. The molecule has 1 nitrogen and oxygen atoms in total. The lowest BCUT2D eigenvalue weighted by molar-refractivity contribution is 0.356. The minimum atomic E-state index is 0.524. The molecule has 1 heterocycles. The lowest BCUT2D eigenvalue weighted by atomic mass is 9.91. The number of hydrogen-bond acceptors (Lipinski definition) is 2. The Kier molecular flexibility index (Phi) is 9.01. The average Bonchev–Trinajstić information content (AvgIpc) is 2.84. The van der Waals surface area contributed by atoms with Crippen molar-refractivity contribution in [2.75, 3.05) is 6.54 Å². The van der Waals surface area contributed by atoms with Crippen molar-refractivity contribution < 1.29 is 0 Å². The van der Waals surface area contributed by atoms with Gasteiger partial charge in [-0.1, -0.05) is 46.5 Å². The molecule has 1 aromatic heterocycles. The second kappa shape index (κ2) is 9.95. The topological polar surface area (TPSA) is 12.0 Å². The first-order chi connectivity index (χ1) is 9.22. The van der Waals surface area contributed by atoms with Crippen LogP contribution in [0.5, 0.6) is 0 Å². The summed E-state index contributed by atoms with van der Waals surface area (Å²) < 4.78 is 1.27. The van der Waals surface area contributed by atoms with Crippen LogP contribution in [-0.4, -0.2) is 6.54 Å². The molecular weight excluding hydrogens is 318 g/mol. The van der Waals surface area contributed by atoms with Crippen molar-refractivity contribution in [1.82, 2.24) is 5.32 Å². The Morgan fingerprint density at radius 3 is 2.58 bits per heavy atom. The molecule has 0 aliphatic rings. The molecule has 0 aliphatic carbocycles. The van der Waals surface area contributed by atoms with Crippen LogP contribution in [0.4, 0.5) is 0 Å². The predicted molar refractivity (Wildman–Crippen MR) is 91.0 cm³/mol. The van der Waals surface area contributed by atoms with Crippen LogP contribution in [0.2, 0.25) is 0 Å². The van der Waals surface area contributed by atoms with E-state index < -0.39 is 0 Å². The van der Waals surface area contributed by atoms with E-state index in [0.717, 1.165) is 12.5 Å². The maximum atomic E-state index is 3.73. The summed E-state index contributed by atoms with van der Waals surface area (Å²) >= 11 is 5.57. The van der Waals surface area contributed by atoms with Gasteiger partial charge in [0.2, 0.25) is 0 Å². The average molecular weight is 346 g/mol. The molecule has 0 radical (unpaired) electrons. The van der Waals surface area contributed by atoms with Crippen LogP contribution in [0, 0.1) is 5.92 Å². The lowest BCUT2D eigenvalue weighted by Gasteiger charge is -2.23. The van der Waals surface area contributed by atoms with E-state index in [1.807, 2.05) is 11.3 Å². The van der Waals surface area contributed by atoms with E-state index in [-0.39, 0.29) is 0 Å². The first-order valence-electron chi connectivity index (χ1n) is 7.69. The summed E-state index contributed by atoms with van der Waals surface area (Å²) in [6.07, 6.45) is 7.82. The number of thiophene rings is 1. The molecule has 2 unspecified atom stereocenters. The van der Waals surface area contributed by atoms with Crippen molar-refractivity contribution in [1.29, 1.82) is 0 Å². The Hall–Kier alpha value is 0.140. The molecule has 2 atom stereocenters. The highest BCUT2D eigenvalue weighted by atomic mass is 79.9. The van der Waals surface area contributed by atoms with Gasteiger partial charge in [0.25, 0.3) is 0 Å². The molecule has 3 heteroatoms. The van der Waals surface area contributed by atoms with E-state index >= 15 is 0 Å². The summed E-state index contributed by atoms with van der Waals surface area (Å²) in [6.45, 7) is 7.97. The summed E-state index contributed by atoms with van der Waals surface area (Å²) in [4.78, 5) is 1.48. The monoisotopic (exact) mass is 345 g/mol. The van der Waals surface area contributed by atoms with Crippen LogP contribution in [-0.2, 0) is 0 Å². The summed E-state index contributed by atoms with van der Waals surface area (Å²) in [5, 5.41) is 5.92. The van der Waals surface area contributed by atoms with Crippen molar-refractivity contribution in [3.63, 3.8) is 0 Å². The molecule has 110 valence electrons. The fraction of sp³-hybridized carbons (Fsp3) is 0.750. The number of unbranched alkanes of at least 4 members (excludes halogenated alkanes) is 1. The Bertz CT molecular complexity index is 337. The van der Waals surface area contributed by atoms with E-state index in [1.165, 1.54) is 47.9 Å². The number of rotatable bonds is 10. The van der Waals surface area contributed by atoms with E-state index in [1.54, 1.807) is 0 Å². The van der Waals surface area contributed by atoms with Gasteiger partial charge in [-0.2, -0.15) is 0 Å². The second-order valence-electron chi connectivity index (χ2n) is 5.29. The van der Waals surface area contributed by atoms with Crippen molar-refractivity contribution in [2.24, 2.45) is 5.92 Å². The van der Waals surface area contributed by atoms with E-state index in [4.69, 9.17) is 0 Å². The summed E-state index contributed by atoms with van der Waals surface area (Å²) in [7, 11) is 0. The smallest absolute Gasteiger partial charge is 0.0428 e. The first-order valence-corrected chi connectivity index (χ1v) is 9.36. The molecule has 0 amide bonds. The van der Waals surface area contributed by atoms with Crippen LogP contribution in [0.1, 0.15) is 70.2 Å². The standard InChI is InChI=1S/C16H28BrNS/c1-4-7-8-13(6-3)12-15(18-10-5-2)16-14(17)9-11-19-16/h9,11,13,15,18H,4-8,10,12H2,1-3H3. The van der Waals surface area contributed by atoms with Crippen molar-refractivity contribution in [3.05, 3.63) is 20.8 Å². The Morgan fingerprint density at radius 1 is 1.26 bits per heavy atom. The van der Waals surface area contributed by atoms with Crippen LogP contribution >= 0.6 is 27.3 Å². The Morgan fingerprint density at radius 2 is 2.05 bits per heavy atom. The third kappa shape index (κ3) is 5.97. The van der Waals surface area contributed by atoms with Crippen molar-refractivity contribution >= 4 is 27.3 Å². The molecular formula is C16H28BrNS. The SMILES string of the molecule is CCCCC(CC)CC(NCCC)c1sccc1Br. The summed E-state index contributed by atoms with van der Waals surface area (Å²) in [5.41, 5.74) is 0. The van der Waals surface area contributed by atoms with Gasteiger partial charge < -0.3 is 5.32 Å². The van der Waals surface area contributed by atoms with E-state index in [0.29, 0.717) is 6.04 Å². The molecule has 0 fully saturated rings. The number of halogens is 1. The highest BCUT2D eigenvalue weighted by Crippen LogP contribution is 2.34. The van der Waals surface area contributed by atoms with Gasteiger partial charge >= 0.3 is 0 Å². The van der Waals surface area contributed by atoms with Gasteiger partial charge in [0, 0.05) is 15.4 Å². The fourth-order valence-electron chi connectivity index (χ4n) is 2.47. The van der Waals surface area contributed by atoms with Gasteiger partial charge in [-0.25, -0.2) is 0 Å². The Labute approximate surface area is 131 Å². The van der Waals surface area contributed by atoms with Crippen LogP contribution in [0.15, 0.2) is 15.9 Å². The van der Waals surface area contributed by atoms with Crippen molar-refractivity contribution in [2.45, 2.75) is 65.3 Å². The zero-order chi connectivity index (χ0) is 14.1. The van der Waals surface area contributed by atoms with Gasteiger partial charge in [-0.3, -0.25) is 0 Å². The second-order valence-corrected chi connectivity index (χ2v) is 7.09. The molecule has 0 spiro atoms. The number of hydrogen-bond donors (Lipinski definition) is 1. The van der Waals surface area contributed by atoms with Crippen molar-refractivity contribution in [3.8, 4) is 0 Å². The third-order valence-electron chi connectivity index (χ3n) is 3.71. The summed E-state index contributed by atoms with van der Waals surface area (Å²) in [6, 6.07) is 2.70. The maximum Gasteiger partial charge on any atom is 0.0428 e. The molecule has 1 rings (SSSR count). The third-order valence-corrected chi connectivity index (χ3v) is 5.70. The minimum absolute atomic E-state index is 0.524. The largest absolute Gasteiger partial charge is 0.309 e. The number of nitrogens with one attached hydrogen (secondary N) is 1. The first kappa shape index (κ1) is 17.2. The zero-order valence-electron chi connectivity index (χ0n) is 12.5. The van der Waals surface area contributed by atoms with Crippen LogP contribution < -0.4 is 5.32 Å². The normalized spacial score (nSPS) is 14.5. The van der Waals surface area contributed by atoms with E-state index in [2.05, 4.69) is 53.5 Å². The van der Waals surface area contributed by atoms with Crippen LogP contribution in [0.25, 0.3) is 0 Å². The fourth-order valence-corrected chi connectivity index (χ4v) is 4.21. The molecule has 0 saturated carbocycles. The van der Waals surface area contributed by atoms with Gasteiger partial charge in [0.05, 0.1) is 0 Å². The summed E-state index contributed by atoms with van der Waals surface area (Å²) in [5.74, 6) is 0.850. The quantitative estimate of drug-likeness (QED) is 0.535. The molecule has 0 aliphatic heterocycles. The molecule has 1 aromatic rings. The van der Waals surface area contributed by atoms with Gasteiger partial charge in [0.1, 0.15) is 0 Å². The maximum absolute atomic E-state index is 3.73. The van der Waals surface area contributed by atoms with Gasteiger partial charge in [0.15, 0.2) is 0 Å². The minimum Gasteiger partial charge on any atom is -0.309 e. The molecule has 19 heavy (non-hydrogen) atoms. The highest BCUT2D eigenvalue weighted by Gasteiger charge is 2.19. The Balaban J connectivity index is 2.65. The highest BCUT2D eigenvalue weighted by molar-refractivity contribution is 9.10. The molecule has 0 aromatic carbocycles. The van der Waals surface area contributed by atoms with E-state index in [9.17, 15) is 0 Å². The van der Waals surface area contributed by atoms with Gasteiger partial charge in [-0.15, -0.1) is 11.3 Å². The lowest BCUT2D eigenvalue weighted by Crippen LogP contribution is -2.24. The van der Waals surface area contributed by atoms with Crippen LogP contribution in [0.3, 0.4) is 0 Å². The molecule has 1 N–H and O–H groups in total. The zero-order valence-corrected chi connectivity index (χ0v) is 14.9. The van der Waals surface area contributed by atoms with Gasteiger partial charge in [-0.05, 0) is 52.7 Å².